The minimum Gasteiger partial charge on any atom is -0.394 e. The van der Waals surface area contributed by atoms with Gasteiger partial charge in [0.2, 0.25) is 0 Å². The largest absolute Gasteiger partial charge is 0.394 e. The van der Waals surface area contributed by atoms with E-state index in [0.29, 0.717) is 6.61 Å². The average molecular weight is 206 g/mol. The molecule has 86 valence electrons. The summed E-state index contributed by atoms with van der Waals surface area (Å²) in [7, 11) is 1.64. The molecule has 2 atom stereocenters. The molecule has 1 N–H and O–H groups in total. The third-order valence-corrected chi connectivity index (χ3v) is 1.27. The number of Topliss-reactive ketones (excluding diaryl/α,β-unsaturated/α-hetero) is 1. The SMILES string of the molecule is CC(C)=O.COC(C)COC(C)CO. The number of carbonyl (C=O) groups is 1. The summed E-state index contributed by atoms with van der Waals surface area (Å²) in [5.41, 5.74) is 0. The van der Waals surface area contributed by atoms with Gasteiger partial charge in [0.15, 0.2) is 0 Å². The fraction of sp³-hybridized carbons (Fsp3) is 0.900. The highest BCUT2D eigenvalue weighted by atomic mass is 16.5. The molecule has 0 aliphatic heterocycles. The minimum absolute atomic E-state index is 0.0659. The normalized spacial score (nSPS) is 13.9. The van der Waals surface area contributed by atoms with Crippen LogP contribution in [0.3, 0.4) is 0 Å². The molecule has 0 aromatic heterocycles. The molecule has 0 aromatic carbocycles. The molecule has 0 spiro atoms. The maximum atomic E-state index is 9.44. The standard InChI is InChI=1S/C7H16O3.C3H6O/c1-6(4-8)10-5-7(2)9-3;1-3(2)4/h6-8H,4-5H2,1-3H3;1-2H3. The van der Waals surface area contributed by atoms with Crippen molar-refractivity contribution >= 4 is 5.78 Å². The van der Waals surface area contributed by atoms with E-state index >= 15 is 0 Å². The highest BCUT2D eigenvalue weighted by molar-refractivity contribution is 5.72. The minimum atomic E-state index is -0.0856. The van der Waals surface area contributed by atoms with Crippen molar-refractivity contribution in [2.75, 3.05) is 20.3 Å². The maximum absolute atomic E-state index is 9.44. The Balaban J connectivity index is 0. The number of hydrogen-bond acceptors (Lipinski definition) is 4. The van der Waals surface area contributed by atoms with Gasteiger partial charge in [-0.1, -0.05) is 0 Å². The monoisotopic (exact) mass is 206 g/mol. The van der Waals surface area contributed by atoms with Crippen LogP contribution >= 0.6 is 0 Å². The Hall–Kier alpha value is -0.450. The number of aliphatic hydroxyl groups is 1. The maximum Gasteiger partial charge on any atom is 0.126 e. The first-order valence-electron chi connectivity index (χ1n) is 4.66. The first kappa shape index (κ1) is 16.0. The van der Waals surface area contributed by atoms with Gasteiger partial charge in [0.1, 0.15) is 5.78 Å². The molecule has 0 rings (SSSR count). The molecule has 2 unspecified atom stereocenters. The van der Waals surface area contributed by atoms with Crippen LogP contribution in [0.15, 0.2) is 0 Å². The van der Waals surface area contributed by atoms with Gasteiger partial charge >= 0.3 is 0 Å². The molecule has 0 radical (unpaired) electrons. The predicted octanol–water partition coefficient (Wildman–Crippen LogP) is 1.01. The molecule has 14 heavy (non-hydrogen) atoms. The highest BCUT2D eigenvalue weighted by Crippen LogP contribution is 1.93. The van der Waals surface area contributed by atoms with Crippen molar-refractivity contribution in [2.45, 2.75) is 39.9 Å². The van der Waals surface area contributed by atoms with Gasteiger partial charge in [0.25, 0.3) is 0 Å². The quantitative estimate of drug-likeness (QED) is 0.729. The zero-order valence-corrected chi connectivity index (χ0v) is 9.74. The third kappa shape index (κ3) is 17.6. The third-order valence-electron chi connectivity index (χ3n) is 1.27. The van der Waals surface area contributed by atoms with Gasteiger partial charge < -0.3 is 19.4 Å². The molecule has 0 aromatic rings. The average Bonchev–Trinajstić information content (AvgIpc) is 2.12. The fourth-order valence-electron chi connectivity index (χ4n) is 0.421. The van der Waals surface area contributed by atoms with Crippen molar-refractivity contribution in [1.82, 2.24) is 0 Å². The predicted molar refractivity (Wildman–Crippen MR) is 55.3 cm³/mol. The van der Waals surface area contributed by atoms with Gasteiger partial charge in [0.05, 0.1) is 25.4 Å². The molecule has 4 heteroatoms. The van der Waals surface area contributed by atoms with E-state index in [2.05, 4.69) is 0 Å². The number of carbonyl (C=O) groups excluding carboxylic acids is 1. The lowest BCUT2D eigenvalue weighted by Crippen LogP contribution is -2.21. The summed E-state index contributed by atoms with van der Waals surface area (Å²) in [5, 5.41) is 8.55. The highest BCUT2D eigenvalue weighted by Gasteiger charge is 2.03. The van der Waals surface area contributed by atoms with Crippen LogP contribution in [0.2, 0.25) is 0 Å². The second-order valence-corrected chi connectivity index (χ2v) is 3.28. The zero-order chi connectivity index (χ0) is 11.6. The van der Waals surface area contributed by atoms with Crippen LogP contribution in [0, 0.1) is 0 Å². The van der Waals surface area contributed by atoms with E-state index in [0.717, 1.165) is 0 Å². The molecule has 0 fully saturated rings. The second-order valence-electron chi connectivity index (χ2n) is 3.28. The Bertz CT molecular complexity index is 122. The number of hydrogen-bond donors (Lipinski definition) is 1. The van der Waals surface area contributed by atoms with Crippen molar-refractivity contribution in [3.63, 3.8) is 0 Å². The van der Waals surface area contributed by atoms with Crippen LogP contribution in [0.25, 0.3) is 0 Å². The van der Waals surface area contributed by atoms with Crippen LogP contribution in [-0.2, 0) is 14.3 Å². The van der Waals surface area contributed by atoms with E-state index < -0.39 is 0 Å². The van der Waals surface area contributed by atoms with Gasteiger partial charge in [-0.05, 0) is 27.7 Å². The van der Waals surface area contributed by atoms with Crippen LogP contribution in [-0.4, -0.2) is 43.4 Å². The number of methoxy groups -OCH3 is 1. The van der Waals surface area contributed by atoms with Crippen molar-refractivity contribution in [1.29, 1.82) is 0 Å². The molecular formula is C10H22O4. The van der Waals surface area contributed by atoms with Crippen LogP contribution in [0.4, 0.5) is 0 Å². The molecule has 0 heterocycles. The van der Waals surface area contributed by atoms with E-state index in [1.807, 2.05) is 13.8 Å². The van der Waals surface area contributed by atoms with Crippen molar-refractivity contribution in [2.24, 2.45) is 0 Å². The van der Waals surface area contributed by atoms with Crippen LogP contribution < -0.4 is 0 Å². The van der Waals surface area contributed by atoms with Gasteiger partial charge in [0, 0.05) is 7.11 Å². The summed E-state index contributed by atoms with van der Waals surface area (Å²) in [6, 6.07) is 0. The van der Waals surface area contributed by atoms with E-state index in [-0.39, 0.29) is 24.6 Å². The number of ketones is 1. The fourth-order valence-corrected chi connectivity index (χ4v) is 0.421. The summed E-state index contributed by atoms with van der Waals surface area (Å²) in [5.74, 6) is 0.167. The summed E-state index contributed by atoms with van der Waals surface area (Å²) in [6.45, 7) is 7.40. The van der Waals surface area contributed by atoms with Crippen molar-refractivity contribution in [3.05, 3.63) is 0 Å². The molecule has 0 saturated heterocycles. The smallest absolute Gasteiger partial charge is 0.126 e. The topological polar surface area (TPSA) is 55.8 Å². The summed E-state index contributed by atoms with van der Waals surface area (Å²) >= 11 is 0. The van der Waals surface area contributed by atoms with Crippen LogP contribution in [0.5, 0.6) is 0 Å². The lowest BCUT2D eigenvalue weighted by atomic mass is 10.4. The van der Waals surface area contributed by atoms with E-state index in [1.165, 1.54) is 13.8 Å². The first-order valence-corrected chi connectivity index (χ1v) is 4.66. The Morgan fingerprint density at radius 2 is 1.71 bits per heavy atom. The van der Waals surface area contributed by atoms with E-state index in [4.69, 9.17) is 14.6 Å². The van der Waals surface area contributed by atoms with Gasteiger partial charge in [-0.25, -0.2) is 0 Å². The molecule has 0 bridgehead atoms. The van der Waals surface area contributed by atoms with Crippen molar-refractivity contribution in [3.8, 4) is 0 Å². The molecule has 0 aliphatic carbocycles. The molecular weight excluding hydrogens is 184 g/mol. The second kappa shape index (κ2) is 10.6. The van der Waals surface area contributed by atoms with Gasteiger partial charge in [-0.15, -0.1) is 0 Å². The molecule has 4 nitrogen and oxygen atoms in total. The Kier molecular flexibility index (Phi) is 12.1. The van der Waals surface area contributed by atoms with E-state index in [1.54, 1.807) is 7.11 Å². The molecule has 0 aliphatic rings. The number of rotatable bonds is 5. The molecule has 0 amide bonds. The zero-order valence-electron chi connectivity index (χ0n) is 9.74. The summed E-state index contributed by atoms with van der Waals surface area (Å²) < 4.78 is 10.1. The number of aliphatic hydroxyl groups excluding tert-OH is 1. The first-order chi connectivity index (χ1) is 6.43. The summed E-state index contributed by atoms with van der Waals surface area (Å²) in [4.78, 5) is 9.44. The van der Waals surface area contributed by atoms with Crippen molar-refractivity contribution < 1.29 is 19.4 Å². The van der Waals surface area contributed by atoms with E-state index in [9.17, 15) is 4.79 Å². The van der Waals surface area contributed by atoms with Gasteiger partial charge in [-0.3, -0.25) is 0 Å². The molecule has 0 saturated carbocycles. The Morgan fingerprint density at radius 1 is 1.29 bits per heavy atom. The number of ether oxygens (including phenoxy) is 2. The van der Waals surface area contributed by atoms with Gasteiger partial charge in [-0.2, -0.15) is 0 Å². The van der Waals surface area contributed by atoms with Crippen LogP contribution in [0.1, 0.15) is 27.7 Å². The Morgan fingerprint density at radius 3 is 2.00 bits per heavy atom. The summed E-state index contributed by atoms with van der Waals surface area (Å²) in [6.07, 6.45) is 0.0200. The lowest BCUT2D eigenvalue weighted by molar-refractivity contribution is -0.114. The lowest BCUT2D eigenvalue weighted by Gasteiger charge is -2.13. The Labute approximate surface area is 86.2 Å².